The fraction of sp³-hybridized carbons (Fsp3) is 0.278. The summed E-state index contributed by atoms with van der Waals surface area (Å²) in [5.74, 6) is 1.06. The third kappa shape index (κ3) is 3.96. The fourth-order valence-corrected chi connectivity index (χ4v) is 3.18. The van der Waals surface area contributed by atoms with E-state index in [1.165, 1.54) is 0 Å². The van der Waals surface area contributed by atoms with Gasteiger partial charge in [-0.1, -0.05) is 18.2 Å². The molecule has 2 rings (SSSR count). The van der Waals surface area contributed by atoms with Gasteiger partial charge in [-0.15, -0.1) is 0 Å². The van der Waals surface area contributed by atoms with Crippen LogP contribution in [-0.4, -0.2) is 19.6 Å². The van der Waals surface area contributed by atoms with E-state index in [-0.39, 0.29) is 5.91 Å². The lowest BCUT2D eigenvalue weighted by atomic mass is 10.1. The summed E-state index contributed by atoms with van der Waals surface area (Å²) < 4.78 is 11.8. The second-order valence-corrected chi connectivity index (χ2v) is 6.31. The summed E-state index contributed by atoms with van der Waals surface area (Å²) in [6, 6.07) is 9.44. The fourth-order valence-electron chi connectivity index (χ4n) is 2.36. The monoisotopic (exact) mass is 425 g/mol. The maximum atomic E-state index is 12.6. The zero-order chi connectivity index (χ0) is 17.0. The molecule has 2 aromatic rings. The lowest BCUT2D eigenvalue weighted by molar-refractivity contribution is 0.102. The second-order valence-electron chi connectivity index (χ2n) is 5.14. The zero-order valence-electron chi connectivity index (χ0n) is 13.7. The van der Waals surface area contributed by atoms with Gasteiger partial charge in [-0.2, -0.15) is 0 Å². The second kappa shape index (κ2) is 7.68. The Morgan fingerprint density at radius 1 is 1.22 bits per heavy atom. The number of hydrogen-bond donors (Lipinski definition) is 1. The van der Waals surface area contributed by atoms with Gasteiger partial charge >= 0.3 is 0 Å². The van der Waals surface area contributed by atoms with Crippen LogP contribution in [0.25, 0.3) is 0 Å². The van der Waals surface area contributed by atoms with Crippen molar-refractivity contribution in [1.82, 2.24) is 0 Å². The predicted molar refractivity (Wildman–Crippen MR) is 101 cm³/mol. The minimum atomic E-state index is -0.163. The molecule has 122 valence electrons. The molecular weight excluding hydrogens is 405 g/mol. The summed E-state index contributed by atoms with van der Waals surface area (Å²) in [7, 11) is 1.59. The van der Waals surface area contributed by atoms with E-state index in [0.29, 0.717) is 23.7 Å². The Kier molecular flexibility index (Phi) is 5.87. The Morgan fingerprint density at radius 2 is 1.87 bits per heavy atom. The van der Waals surface area contributed by atoms with Crippen molar-refractivity contribution in [3.8, 4) is 11.5 Å². The number of methoxy groups -OCH3 is 1. The third-order valence-corrected chi connectivity index (χ3v) is 4.30. The number of aryl methyl sites for hydroxylation is 2. The number of amides is 1. The third-order valence-electron chi connectivity index (χ3n) is 3.50. The molecular formula is C18H20INO3. The van der Waals surface area contributed by atoms with Gasteiger partial charge in [-0.05, 0) is 66.6 Å². The highest BCUT2D eigenvalue weighted by Crippen LogP contribution is 2.34. The normalized spacial score (nSPS) is 10.3. The molecule has 0 aromatic heterocycles. The van der Waals surface area contributed by atoms with Crippen LogP contribution in [-0.2, 0) is 0 Å². The Morgan fingerprint density at radius 3 is 2.43 bits per heavy atom. The molecule has 5 heteroatoms. The van der Waals surface area contributed by atoms with Crippen LogP contribution in [0.4, 0.5) is 5.69 Å². The van der Waals surface area contributed by atoms with Crippen LogP contribution >= 0.6 is 22.6 Å². The van der Waals surface area contributed by atoms with Gasteiger partial charge < -0.3 is 14.8 Å². The summed E-state index contributed by atoms with van der Waals surface area (Å²) in [6.45, 7) is 6.36. The molecule has 4 nitrogen and oxygen atoms in total. The van der Waals surface area contributed by atoms with Crippen LogP contribution in [0.15, 0.2) is 30.3 Å². The quantitative estimate of drug-likeness (QED) is 0.715. The van der Waals surface area contributed by atoms with Gasteiger partial charge in [0.25, 0.3) is 5.91 Å². The maximum absolute atomic E-state index is 12.6. The summed E-state index contributed by atoms with van der Waals surface area (Å²) in [4.78, 5) is 12.6. The SMILES string of the molecule is CCOc1cc(C(=O)Nc2c(C)cccc2C)cc(I)c1OC. The van der Waals surface area contributed by atoms with Crippen LogP contribution < -0.4 is 14.8 Å². The number of rotatable bonds is 5. The zero-order valence-corrected chi connectivity index (χ0v) is 15.9. The Balaban J connectivity index is 2.36. The van der Waals surface area contributed by atoms with Gasteiger partial charge in [0.05, 0.1) is 17.3 Å². The molecule has 1 N–H and O–H groups in total. The highest BCUT2D eigenvalue weighted by Gasteiger charge is 2.16. The largest absolute Gasteiger partial charge is 0.492 e. The summed E-state index contributed by atoms with van der Waals surface area (Å²) in [5.41, 5.74) is 3.46. The van der Waals surface area contributed by atoms with Gasteiger partial charge in [-0.25, -0.2) is 0 Å². The van der Waals surface area contributed by atoms with Crippen LogP contribution in [0.1, 0.15) is 28.4 Å². The minimum absolute atomic E-state index is 0.163. The summed E-state index contributed by atoms with van der Waals surface area (Å²) in [5, 5.41) is 2.99. The molecule has 2 aromatic carbocycles. The molecule has 0 spiro atoms. The van der Waals surface area contributed by atoms with Gasteiger partial charge in [0.1, 0.15) is 0 Å². The number of para-hydroxylation sites is 1. The van der Waals surface area contributed by atoms with Crippen LogP contribution in [0, 0.1) is 17.4 Å². The standard InChI is InChI=1S/C18H20INO3/c1-5-23-15-10-13(9-14(19)17(15)22-4)18(21)20-16-11(2)7-6-8-12(16)3/h6-10H,5H2,1-4H3,(H,20,21). The highest BCUT2D eigenvalue weighted by atomic mass is 127. The number of carbonyl (C=O) groups excluding carboxylic acids is 1. The van der Waals surface area contributed by atoms with Crippen LogP contribution in [0.3, 0.4) is 0 Å². The molecule has 0 radical (unpaired) electrons. The van der Waals surface area contributed by atoms with Crippen molar-refractivity contribution in [2.45, 2.75) is 20.8 Å². The van der Waals surface area contributed by atoms with Crippen molar-refractivity contribution >= 4 is 34.2 Å². The van der Waals surface area contributed by atoms with Crippen LogP contribution in [0.5, 0.6) is 11.5 Å². The van der Waals surface area contributed by atoms with Crippen molar-refractivity contribution in [2.75, 3.05) is 19.0 Å². The lowest BCUT2D eigenvalue weighted by Gasteiger charge is -2.15. The first kappa shape index (κ1) is 17.6. The van der Waals surface area contributed by atoms with Crippen molar-refractivity contribution in [1.29, 1.82) is 0 Å². The first-order valence-electron chi connectivity index (χ1n) is 7.35. The number of hydrogen-bond acceptors (Lipinski definition) is 3. The van der Waals surface area contributed by atoms with E-state index in [9.17, 15) is 4.79 Å². The van der Waals surface area contributed by atoms with Crippen LogP contribution in [0.2, 0.25) is 0 Å². The highest BCUT2D eigenvalue weighted by molar-refractivity contribution is 14.1. The molecule has 0 aliphatic rings. The van der Waals surface area contributed by atoms with Crippen molar-refractivity contribution in [3.63, 3.8) is 0 Å². The molecule has 0 bridgehead atoms. The number of halogens is 1. The number of ether oxygens (including phenoxy) is 2. The topological polar surface area (TPSA) is 47.6 Å². The first-order valence-corrected chi connectivity index (χ1v) is 8.43. The minimum Gasteiger partial charge on any atom is -0.492 e. The number of nitrogens with one attached hydrogen (secondary N) is 1. The Labute approximate surface area is 150 Å². The van der Waals surface area contributed by atoms with Gasteiger partial charge in [-0.3, -0.25) is 4.79 Å². The molecule has 0 fully saturated rings. The molecule has 0 unspecified atom stereocenters. The van der Waals surface area contributed by atoms with E-state index in [0.717, 1.165) is 20.4 Å². The predicted octanol–water partition coefficient (Wildman–Crippen LogP) is 4.57. The Hall–Kier alpha value is -1.76. The van der Waals surface area contributed by atoms with E-state index in [2.05, 4.69) is 27.9 Å². The average molecular weight is 425 g/mol. The molecule has 1 amide bonds. The maximum Gasteiger partial charge on any atom is 0.255 e. The first-order chi connectivity index (χ1) is 11.0. The van der Waals surface area contributed by atoms with Gasteiger partial charge in [0.2, 0.25) is 0 Å². The molecule has 0 heterocycles. The lowest BCUT2D eigenvalue weighted by Crippen LogP contribution is -2.14. The molecule has 0 aliphatic carbocycles. The molecule has 0 saturated heterocycles. The average Bonchev–Trinajstić information content (AvgIpc) is 2.51. The number of benzene rings is 2. The molecule has 23 heavy (non-hydrogen) atoms. The smallest absolute Gasteiger partial charge is 0.255 e. The van der Waals surface area contributed by atoms with Crippen molar-refractivity contribution in [2.24, 2.45) is 0 Å². The van der Waals surface area contributed by atoms with Gasteiger partial charge in [0.15, 0.2) is 11.5 Å². The summed E-state index contributed by atoms with van der Waals surface area (Å²) >= 11 is 2.14. The van der Waals surface area contributed by atoms with E-state index in [1.807, 2.05) is 39.0 Å². The molecule has 0 aliphatic heterocycles. The van der Waals surface area contributed by atoms with Crippen molar-refractivity contribution in [3.05, 3.63) is 50.6 Å². The number of anilines is 1. The summed E-state index contributed by atoms with van der Waals surface area (Å²) in [6.07, 6.45) is 0. The van der Waals surface area contributed by atoms with E-state index >= 15 is 0 Å². The number of carbonyl (C=O) groups is 1. The van der Waals surface area contributed by atoms with E-state index < -0.39 is 0 Å². The van der Waals surface area contributed by atoms with E-state index in [1.54, 1.807) is 19.2 Å². The van der Waals surface area contributed by atoms with Crippen molar-refractivity contribution < 1.29 is 14.3 Å². The van der Waals surface area contributed by atoms with Gasteiger partial charge in [0, 0.05) is 11.3 Å². The Bertz CT molecular complexity index is 708. The van der Waals surface area contributed by atoms with E-state index in [4.69, 9.17) is 9.47 Å². The molecule has 0 saturated carbocycles. The molecule has 0 atom stereocenters.